The van der Waals surface area contributed by atoms with Gasteiger partial charge in [-0.25, -0.2) is 19.6 Å². The molecular formula is C14H20BrN5O3. The molecule has 8 nitrogen and oxygen atoms in total. The molecule has 2 rings (SSSR count). The number of rotatable bonds is 1. The van der Waals surface area contributed by atoms with Crippen LogP contribution in [-0.2, 0) is 4.74 Å². The van der Waals surface area contributed by atoms with E-state index in [0.717, 1.165) is 0 Å². The van der Waals surface area contributed by atoms with E-state index in [-0.39, 0.29) is 12.1 Å². The third-order valence-corrected chi connectivity index (χ3v) is 3.50. The molecule has 0 spiro atoms. The number of anilines is 1. The maximum atomic E-state index is 12.2. The molecule has 1 aromatic heterocycles. The van der Waals surface area contributed by atoms with E-state index >= 15 is 0 Å². The number of amides is 3. The Morgan fingerprint density at radius 1 is 1.13 bits per heavy atom. The first-order valence-electron chi connectivity index (χ1n) is 7.26. The van der Waals surface area contributed by atoms with Gasteiger partial charge in [0, 0.05) is 26.2 Å². The largest absolute Gasteiger partial charge is 0.444 e. The van der Waals surface area contributed by atoms with Crippen molar-refractivity contribution in [2.24, 2.45) is 0 Å². The lowest BCUT2D eigenvalue weighted by atomic mass is 10.2. The van der Waals surface area contributed by atoms with Crippen LogP contribution in [0.3, 0.4) is 0 Å². The Balaban J connectivity index is 1.83. The second-order valence-corrected chi connectivity index (χ2v) is 6.83. The second kappa shape index (κ2) is 7.12. The van der Waals surface area contributed by atoms with E-state index in [9.17, 15) is 9.59 Å². The van der Waals surface area contributed by atoms with Gasteiger partial charge in [0.15, 0.2) is 4.73 Å². The molecule has 0 aliphatic carbocycles. The molecule has 0 radical (unpaired) electrons. The van der Waals surface area contributed by atoms with Crippen LogP contribution in [0, 0.1) is 0 Å². The summed E-state index contributed by atoms with van der Waals surface area (Å²) < 4.78 is 5.79. The highest BCUT2D eigenvalue weighted by molar-refractivity contribution is 9.10. The summed E-state index contributed by atoms with van der Waals surface area (Å²) in [5.41, 5.74) is 0.000426. The zero-order valence-electron chi connectivity index (χ0n) is 13.4. The third kappa shape index (κ3) is 5.34. The predicted octanol–water partition coefficient (Wildman–Crippen LogP) is 2.32. The summed E-state index contributed by atoms with van der Waals surface area (Å²) in [6.07, 6.45) is 2.69. The number of piperazine rings is 1. The molecule has 0 aromatic carbocycles. The quantitative estimate of drug-likeness (QED) is 0.749. The van der Waals surface area contributed by atoms with Crippen LogP contribution >= 0.6 is 15.9 Å². The number of carbonyl (C=O) groups excluding carboxylic acids is 2. The highest BCUT2D eigenvalue weighted by Crippen LogP contribution is 2.13. The van der Waals surface area contributed by atoms with Crippen molar-refractivity contribution in [3.8, 4) is 0 Å². The maximum absolute atomic E-state index is 12.2. The summed E-state index contributed by atoms with van der Waals surface area (Å²) in [6.45, 7) is 7.27. The third-order valence-electron chi connectivity index (χ3n) is 3.09. The minimum atomic E-state index is -0.521. The Morgan fingerprint density at radius 2 is 1.65 bits per heavy atom. The summed E-state index contributed by atoms with van der Waals surface area (Å²) in [5, 5.41) is 2.73. The van der Waals surface area contributed by atoms with Crippen LogP contribution in [0.25, 0.3) is 0 Å². The van der Waals surface area contributed by atoms with Crippen molar-refractivity contribution in [3.05, 3.63) is 17.1 Å². The van der Waals surface area contributed by atoms with E-state index in [1.54, 1.807) is 9.80 Å². The van der Waals surface area contributed by atoms with Gasteiger partial charge in [-0.05, 0) is 36.7 Å². The zero-order valence-corrected chi connectivity index (χ0v) is 15.0. The molecule has 0 atom stereocenters. The average molecular weight is 386 g/mol. The molecule has 9 heteroatoms. The monoisotopic (exact) mass is 385 g/mol. The van der Waals surface area contributed by atoms with Crippen molar-refractivity contribution in [1.29, 1.82) is 0 Å². The lowest BCUT2D eigenvalue weighted by molar-refractivity contribution is 0.0174. The van der Waals surface area contributed by atoms with Gasteiger partial charge in [0.1, 0.15) is 5.60 Å². The number of aromatic nitrogens is 2. The van der Waals surface area contributed by atoms with Gasteiger partial charge in [-0.3, -0.25) is 0 Å². The molecule has 23 heavy (non-hydrogen) atoms. The minimum Gasteiger partial charge on any atom is -0.444 e. The molecule has 1 N–H and O–H groups in total. The SMILES string of the molecule is CC(C)(C)OC(=O)N1CCN(C(=O)Nc2cnc(Br)nc2)CC1. The van der Waals surface area contributed by atoms with Crippen molar-refractivity contribution < 1.29 is 14.3 Å². The number of hydrogen-bond donors (Lipinski definition) is 1. The van der Waals surface area contributed by atoms with Gasteiger partial charge in [0.25, 0.3) is 0 Å². The van der Waals surface area contributed by atoms with Crippen LogP contribution in [0.15, 0.2) is 17.1 Å². The van der Waals surface area contributed by atoms with Crippen molar-refractivity contribution in [2.75, 3.05) is 31.5 Å². The van der Waals surface area contributed by atoms with E-state index in [4.69, 9.17) is 4.74 Å². The number of urea groups is 1. The van der Waals surface area contributed by atoms with Crippen LogP contribution in [0.5, 0.6) is 0 Å². The Labute approximate surface area is 143 Å². The Morgan fingerprint density at radius 3 is 2.17 bits per heavy atom. The fraction of sp³-hybridized carbons (Fsp3) is 0.571. The Hall–Kier alpha value is -1.90. The molecule has 2 heterocycles. The maximum Gasteiger partial charge on any atom is 0.410 e. The fourth-order valence-corrected chi connectivity index (χ4v) is 2.20. The van der Waals surface area contributed by atoms with E-state index in [1.807, 2.05) is 20.8 Å². The number of ether oxygens (including phenoxy) is 1. The molecule has 1 aliphatic rings. The summed E-state index contributed by atoms with van der Waals surface area (Å²) in [7, 11) is 0. The average Bonchev–Trinajstić information content (AvgIpc) is 2.48. The van der Waals surface area contributed by atoms with Crippen LogP contribution in [0.2, 0.25) is 0 Å². The predicted molar refractivity (Wildman–Crippen MR) is 88.1 cm³/mol. The molecular weight excluding hydrogens is 366 g/mol. The van der Waals surface area contributed by atoms with Crippen molar-refractivity contribution in [2.45, 2.75) is 26.4 Å². The molecule has 0 bridgehead atoms. The number of nitrogens with one attached hydrogen (secondary N) is 1. The Kier molecular flexibility index (Phi) is 5.40. The van der Waals surface area contributed by atoms with Gasteiger partial charge in [0.05, 0.1) is 18.1 Å². The molecule has 1 aliphatic heterocycles. The second-order valence-electron chi connectivity index (χ2n) is 6.13. The lowest BCUT2D eigenvalue weighted by Crippen LogP contribution is -2.52. The van der Waals surface area contributed by atoms with Gasteiger partial charge >= 0.3 is 12.1 Å². The van der Waals surface area contributed by atoms with Crippen molar-refractivity contribution in [1.82, 2.24) is 19.8 Å². The summed E-state index contributed by atoms with van der Waals surface area (Å²) in [5.74, 6) is 0. The first-order chi connectivity index (χ1) is 10.7. The van der Waals surface area contributed by atoms with Crippen LogP contribution in [-0.4, -0.2) is 63.7 Å². The van der Waals surface area contributed by atoms with Crippen LogP contribution < -0.4 is 5.32 Å². The van der Waals surface area contributed by atoms with E-state index in [2.05, 4.69) is 31.2 Å². The van der Waals surface area contributed by atoms with Crippen molar-refractivity contribution >= 4 is 33.7 Å². The zero-order chi connectivity index (χ0) is 17.0. The van der Waals surface area contributed by atoms with Gasteiger partial charge in [-0.15, -0.1) is 0 Å². The molecule has 0 saturated carbocycles. The molecule has 1 fully saturated rings. The Bertz CT molecular complexity index is 565. The van der Waals surface area contributed by atoms with Crippen LogP contribution in [0.4, 0.5) is 15.3 Å². The number of carbonyl (C=O) groups is 2. The number of hydrogen-bond acceptors (Lipinski definition) is 5. The van der Waals surface area contributed by atoms with Crippen molar-refractivity contribution in [3.63, 3.8) is 0 Å². The lowest BCUT2D eigenvalue weighted by Gasteiger charge is -2.35. The van der Waals surface area contributed by atoms with E-state index < -0.39 is 5.60 Å². The topological polar surface area (TPSA) is 87.7 Å². The summed E-state index contributed by atoms with van der Waals surface area (Å²) >= 11 is 3.13. The normalized spacial score (nSPS) is 15.3. The molecule has 1 aromatic rings. The smallest absolute Gasteiger partial charge is 0.410 e. The summed E-state index contributed by atoms with van der Waals surface area (Å²) in [4.78, 5) is 35.3. The highest BCUT2D eigenvalue weighted by Gasteiger charge is 2.27. The van der Waals surface area contributed by atoms with E-state index in [1.165, 1.54) is 12.4 Å². The van der Waals surface area contributed by atoms with Gasteiger partial charge in [-0.1, -0.05) is 0 Å². The number of nitrogens with zero attached hydrogens (tertiary/aromatic N) is 4. The molecule has 126 valence electrons. The fourth-order valence-electron chi connectivity index (χ4n) is 2.00. The van der Waals surface area contributed by atoms with Gasteiger partial charge in [0.2, 0.25) is 0 Å². The molecule has 1 saturated heterocycles. The standard InChI is InChI=1S/C14H20BrN5O3/c1-14(2,3)23-13(22)20-6-4-19(5-7-20)12(21)18-10-8-16-11(15)17-9-10/h8-9H,4-7H2,1-3H3,(H,18,21). The van der Waals surface area contributed by atoms with Crippen LogP contribution in [0.1, 0.15) is 20.8 Å². The molecule has 3 amide bonds. The molecule has 0 unspecified atom stereocenters. The number of halogens is 1. The van der Waals surface area contributed by atoms with E-state index in [0.29, 0.717) is 36.6 Å². The minimum absolute atomic E-state index is 0.236. The first kappa shape index (κ1) is 17.5. The summed E-state index contributed by atoms with van der Waals surface area (Å²) in [6, 6.07) is -0.236. The first-order valence-corrected chi connectivity index (χ1v) is 8.05. The highest BCUT2D eigenvalue weighted by atomic mass is 79.9. The van der Waals surface area contributed by atoms with Gasteiger partial charge in [-0.2, -0.15) is 0 Å². The van der Waals surface area contributed by atoms with Gasteiger partial charge < -0.3 is 19.9 Å².